The van der Waals surface area contributed by atoms with Gasteiger partial charge in [-0.05, 0) is 55.0 Å². The molecule has 0 aliphatic heterocycles. The van der Waals surface area contributed by atoms with E-state index in [0.717, 1.165) is 5.69 Å². The van der Waals surface area contributed by atoms with Crippen LogP contribution in [0.4, 0.5) is 15.8 Å². The molecule has 3 aromatic carbocycles. The van der Waals surface area contributed by atoms with Crippen molar-refractivity contribution in [2.75, 3.05) is 16.4 Å². The average molecular weight is 461 g/mol. The molecule has 0 atom stereocenters. The Morgan fingerprint density at radius 2 is 1.79 bits per heavy atom. The van der Waals surface area contributed by atoms with Gasteiger partial charge in [0.2, 0.25) is 5.91 Å². The number of para-hydroxylation sites is 1. The fourth-order valence-corrected chi connectivity index (χ4v) is 3.89. The van der Waals surface area contributed by atoms with Crippen LogP contribution in [0.5, 0.6) is 0 Å². The summed E-state index contributed by atoms with van der Waals surface area (Å²) in [5, 5.41) is 6.15. The minimum absolute atomic E-state index is 0.0979. The Balaban J connectivity index is 1.42. The number of aryl methyl sites for hydroxylation is 1. The third kappa shape index (κ3) is 5.67. The topological polar surface area (TPSA) is 76.0 Å². The van der Waals surface area contributed by atoms with Gasteiger partial charge in [-0.15, -0.1) is 0 Å². The number of thioether (sulfide) groups is 1. The van der Waals surface area contributed by atoms with E-state index < -0.39 is 0 Å². The molecule has 33 heavy (non-hydrogen) atoms. The second-order valence-electron chi connectivity index (χ2n) is 7.25. The molecule has 0 spiro atoms. The van der Waals surface area contributed by atoms with Crippen molar-refractivity contribution >= 4 is 35.0 Å². The molecule has 0 radical (unpaired) electrons. The Morgan fingerprint density at radius 3 is 2.58 bits per heavy atom. The van der Waals surface area contributed by atoms with Gasteiger partial charge >= 0.3 is 0 Å². The fraction of sp³-hybridized carbons (Fsp3) is 0.0800. The highest BCUT2D eigenvalue weighted by Crippen LogP contribution is 2.22. The molecule has 4 rings (SSSR count). The first-order chi connectivity index (χ1) is 16.0. The predicted molar refractivity (Wildman–Crippen MR) is 128 cm³/mol. The lowest BCUT2D eigenvalue weighted by atomic mass is 10.2. The molecule has 6 nitrogen and oxygen atoms in total. The van der Waals surface area contributed by atoms with Crippen LogP contribution in [-0.4, -0.2) is 27.1 Å². The van der Waals surface area contributed by atoms with Gasteiger partial charge in [0, 0.05) is 35.0 Å². The third-order valence-electron chi connectivity index (χ3n) is 4.81. The molecule has 0 saturated heterocycles. The molecule has 0 aliphatic carbocycles. The van der Waals surface area contributed by atoms with Crippen molar-refractivity contribution in [2.24, 2.45) is 0 Å². The number of halogens is 1. The zero-order valence-electron chi connectivity index (χ0n) is 17.8. The number of rotatable bonds is 7. The fourth-order valence-electron chi connectivity index (χ4n) is 3.11. The number of nitrogens with zero attached hydrogens (tertiary/aromatic N) is 2. The van der Waals surface area contributed by atoms with Crippen LogP contribution in [-0.2, 0) is 4.79 Å². The molecule has 8 heteroatoms. The zero-order valence-corrected chi connectivity index (χ0v) is 18.6. The first-order valence-electron chi connectivity index (χ1n) is 10.2. The highest BCUT2D eigenvalue weighted by Gasteiger charge is 2.12. The maximum absolute atomic E-state index is 13.7. The van der Waals surface area contributed by atoms with E-state index in [1.54, 1.807) is 49.6 Å². The van der Waals surface area contributed by atoms with Crippen molar-refractivity contribution in [3.8, 4) is 5.69 Å². The van der Waals surface area contributed by atoms with Gasteiger partial charge in [0.25, 0.3) is 5.91 Å². The summed E-state index contributed by atoms with van der Waals surface area (Å²) in [7, 11) is 0. The molecule has 0 fully saturated rings. The van der Waals surface area contributed by atoms with Gasteiger partial charge in [0.05, 0.1) is 5.75 Å². The molecule has 0 saturated carbocycles. The number of aromatic nitrogens is 2. The van der Waals surface area contributed by atoms with Crippen LogP contribution in [0.15, 0.2) is 90.3 Å². The second kappa shape index (κ2) is 10.1. The smallest absolute Gasteiger partial charge is 0.255 e. The number of benzene rings is 3. The van der Waals surface area contributed by atoms with E-state index in [-0.39, 0.29) is 23.4 Å². The summed E-state index contributed by atoms with van der Waals surface area (Å²) in [6.45, 7) is 1.66. The Bertz CT molecular complexity index is 1290. The van der Waals surface area contributed by atoms with Gasteiger partial charge < -0.3 is 10.6 Å². The van der Waals surface area contributed by atoms with Crippen molar-refractivity contribution in [1.29, 1.82) is 0 Å². The Labute approximate surface area is 194 Å². The van der Waals surface area contributed by atoms with E-state index in [1.807, 2.05) is 41.0 Å². The van der Waals surface area contributed by atoms with Crippen LogP contribution in [0.1, 0.15) is 15.9 Å². The first-order valence-corrected chi connectivity index (χ1v) is 11.2. The monoisotopic (exact) mass is 460 g/mol. The number of carbonyl (C=O) groups excluding carboxylic acids is 2. The van der Waals surface area contributed by atoms with Gasteiger partial charge in [-0.2, -0.15) is 0 Å². The first kappa shape index (κ1) is 22.3. The lowest BCUT2D eigenvalue weighted by Crippen LogP contribution is -2.15. The summed E-state index contributed by atoms with van der Waals surface area (Å²) in [5.41, 5.74) is 2.89. The summed E-state index contributed by atoms with van der Waals surface area (Å²) in [5.74, 6) is -0.760. The molecule has 0 bridgehead atoms. The van der Waals surface area contributed by atoms with E-state index in [2.05, 4.69) is 15.6 Å². The molecule has 2 N–H and O–H groups in total. The molecule has 0 unspecified atom stereocenters. The van der Waals surface area contributed by atoms with Crippen LogP contribution in [0.25, 0.3) is 5.69 Å². The lowest BCUT2D eigenvalue weighted by molar-refractivity contribution is -0.113. The molecule has 1 heterocycles. The number of nitrogens with one attached hydrogen (secondary N) is 2. The normalized spacial score (nSPS) is 10.6. The van der Waals surface area contributed by atoms with Crippen molar-refractivity contribution in [3.63, 3.8) is 0 Å². The van der Waals surface area contributed by atoms with E-state index in [9.17, 15) is 14.0 Å². The van der Waals surface area contributed by atoms with Crippen molar-refractivity contribution in [1.82, 2.24) is 9.55 Å². The van der Waals surface area contributed by atoms with E-state index in [1.165, 1.54) is 17.8 Å². The Kier molecular flexibility index (Phi) is 6.85. The van der Waals surface area contributed by atoms with Crippen molar-refractivity contribution in [2.45, 2.75) is 12.1 Å². The molecule has 166 valence electrons. The summed E-state index contributed by atoms with van der Waals surface area (Å²) < 4.78 is 15.5. The number of hydrogen-bond donors (Lipinski definition) is 2. The van der Waals surface area contributed by atoms with Gasteiger partial charge in [0.15, 0.2) is 5.16 Å². The molecular formula is C25H21FN4O2S. The highest BCUT2D eigenvalue weighted by atomic mass is 32.2. The number of hydrogen-bond acceptors (Lipinski definition) is 4. The Hall–Kier alpha value is -3.91. The molecule has 4 aromatic rings. The highest BCUT2D eigenvalue weighted by molar-refractivity contribution is 7.99. The maximum atomic E-state index is 13.7. The zero-order chi connectivity index (χ0) is 23.2. The standard InChI is InChI=1S/C25H21FN4O2S/c1-17-10-11-20(15-22(17)26)28-23(31)16-33-25-27-12-13-30(25)21-9-5-6-18(14-21)24(32)29-19-7-3-2-4-8-19/h2-15H,16H2,1H3,(H,28,31)(H,29,32). The average Bonchev–Trinajstić information content (AvgIpc) is 3.30. The van der Waals surface area contributed by atoms with Crippen molar-refractivity contribution in [3.05, 3.63) is 102 Å². The lowest BCUT2D eigenvalue weighted by Gasteiger charge is -2.10. The van der Waals surface area contributed by atoms with Gasteiger partial charge in [-0.3, -0.25) is 14.2 Å². The Morgan fingerprint density at radius 1 is 0.970 bits per heavy atom. The van der Waals surface area contributed by atoms with Crippen LogP contribution in [0, 0.1) is 12.7 Å². The van der Waals surface area contributed by atoms with Crippen LogP contribution in [0.3, 0.4) is 0 Å². The van der Waals surface area contributed by atoms with E-state index in [4.69, 9.17) is 0 Å². The molecular weight excluding hydrogens is 439 g/mol. The van der Waals surface area contributed by atoms with Gasteiger partial charge in [-0.25, -0.2) is 9.37 Å². The van der Waals surface area contributed by atoms with Crippen LogP contribution in [0.2, 0.25) is 0 Å². The minimum atomic E-state index is -0.368. The summed E-state index contributed by atoms with van der Waals surface area (Å²) in [6, 6.07) is 21.0. The number of carbonyl (C=O) groups is 2. The third-order valence-corrected chi connectivity index (χ3v) is 5.78. The van der Waals surface area contributed by atoms with Crippen LogP contribution < -0.4 is 10.6 Å². The second-order valence-corrected chi connectivity index (χ2v) is 8.19. The SMILES string of the molecule is Cc1ccc(NC(=O)CSc2nccn2-c2cccc(C(=O)Nc3ccccc3)c2)cc1F. The summed E-state index contributed by atoms with van der Waals surface area (Å²) in [6.07, 6.45) is 3.40. The quantitative estimate of drug-likeness (QED) is 0.367. The number of anilines is 2. The molecule has 0 aliphatic rings. The van der Waals surface area contributed by atoms with Gasteiger partial charge in [0.1, 0.15) is 5.82 Å². The molecule has 1 aromatic heterocycles. The van der Waals surface area contributed by atoms with E-state index in [0.29, 0.717) is 27.7 Å². The summed E-state index contributed by atoms with van der Waals surface area (Å²) in [4.78, 5) is 29.3. The van der Waals surface area contributed by atoms with E-state index >= 15 is 0 Å². The predicted octanol–water partition coefficient (Wildman–Crippen LogP) is 5.30. The van der Waals surface area contributed by atoms with Crippen LogP contribution >= 0.6 is 11.8 Å². The van der Waals surface area contributed by atoms with Crippen molar-refractivity contribution < 1.29 is 14.0 Å². The molecule has 2 amide bonds. The number of amides is 2. The van der Waals surface area contributed by atoms with Gasteiger partial charge in [-0.1, -0.05) is 42.1 Å². The summed E-state index contributed by atoms with van der Waals surface area (Å²) >= 11 is 1.25. The maximum Gasteiger partial charge on any atom is 0.255 e. The minimum Gasteiger partial charge on any atom is -0.325 e. The number of imidazole rings is 1. The largest absolute Gasteiger partial charge is 0.325 e.